The molecule has 0 aliphatic heterocycles. The van der Waals surface area contributed by atoms with Crippen molar-refractivity contribution in [3.05, 3.63) is 11.6 Å². The maximum absolute atomic E-state index is 11.9. The molecule has 0 aromatic rings. The van der Waals surface area contributed by atoms with Crippen LogP contribution in [0.1, 0.15) is 34.6 Å². The molecular formula is C12H19F3O2. The van der Waals surface area contributed by atoms with Gasteiger partial charge in [0.1, 0.15) is 0 Å². The van der Waals surface area contributed by atoms with Gasteiger partial charge in [-0.1, -0.05) is 32.4 Å². The average Bonchev–Trinajstić information content (AvgIpc) is 2.07. The van der Waals surface area contributed by atoms with Gasteiger partial charge in [0.15, 0.2) is 6.61 Å². The fourth-order valence-electron chi connectivity index (χ4n) is 1.25. The molecule has 0 bridgehead atoms. The number of rotatable bonds is 3. The topological polar surface area (TPSA) is 26.3 Å². The van der Waals surface area contributed by atoms with Crippen LogP contribution in [0.4, 0.5) is 13.2 Å². The molecule has 0 radical (unpaired) electrons. The van der Waals surface area contributed by atoms with Crippen molar-refractivity contribution in [2.24, 2.45) is 11.3 Å². The number of allylic oxidation sites excluding steroid dienone is 1. The van der Waals surface area contributed by atoms with Crippen LogP contribution < -0.4 is 0 Å². The van der Waals surface area contributed by atoms with Gasteiger partial charge in [0.05, 0.1) is 5.92 Å². The second-order valence-corrected chi connectivity index (χ2v) is 5.31. The van der Waals surface area contributed by atoms with Gasteiger partial charge < -0.3 is 4.74 Å². The molecule has 0 saturated heterocycles. The molecular weight excluding hydrogens is 233 g/mol. The molecule has 100 valence electrons. The molecule has 0 spiro atoms. The first-order chi connectivity index (χ1) is 7.43. The van der Waals surface area contributed by atoms with Gasteiger partial charge >= 0.3 is 12.1 Å². The third-order valence-corrected chi connectivity index (χ3v) is 2.07. The highest BCUT2D eigenvalue weighted by atomic mass is 19.4. The summed E-state index contributed by atoms with van der Waals surface area (Å²) >= 11 is 0. The van der Waals surface area contributed by atoms with Gasteiger partial charge in [-0.25, -0.2) is 0 Å². The smallest absolute Gasteiger partial charge is 0.422 e. The van der Waals surface area contributed by atoms with Crippen molar-refractivity contribution >= 4 is 5.97 Å². The number of halogens is 3. The minimum absolute atomic E-state index is 0.472. The fraction of sp³-hybridized carbons (Fsp3) is 0.750. The van der Waals surface area contributed by atoms with E-state index in [1.54, 1.807) is 40.7 Å². The lowest BCUT2D eigenvalue weighted by molar-refractivity contribution is -0.190. The van der Waals surface area contributed by atoms with Crippen LogP contribution in [0.25, 0.3) is 0 Å². The first kappa shape index (κ1) is 16.0. The van der Waals surface area contributed by atoms with Crippen molar-refractivity contribution in [2.75, 3.05) is 6.61 Å². The highest BCUT2D eigenvalue weighted by molar-refractivity contribution is 5.75. The number of ether oxygens (including phenoxy) is 1. The molecule has 0 aromatic carbocycles. The lowest BCUT2D eigenvalue weighted by Crippen LogP contribution is -2.31. The van der Waals surface area contributed by atoms with E-state index in [1.807, 2.05) is 0 Å². The van der Waals surface area contributed by atoms with Crippen molar-refractivity contribution in [3.63, 3.8) is 0 Å². The number of hydrogen-bond donors (Lipinski definition) is 0. The van der Waals surface area contributed by atoms with Crippen LogP contribution in [-0.2, 0) is 9.53 Å². The summed E-state index contributed by atoms with van der Waals surface area (Å²) in [6.07, 6.45) is -2.85. The highest BCUT2D eigenvalue weighted by Crippen LogP contribution is 2.29. The summed E-state index contributed by atoms with van der Waals surface area (Å²) in [4.78, 5) is 11.6. The molecule has 0 aromatic heterocycles. The predicted octanol–water partition coefficient (Wildman–Crippen LogP) is 3.72. The SMILES string of the molecule is CC(C)=CC(C(=O)OCC(F)(F)F)C(C)(C)C. The quantitative estimate of drug-likeness (QED) is 0.565. The summed E-state index contributed by atoms with van der Waals surface area (Å²) in [5.41, 5.74) is 0.397. The zero-order valence-corrected chi connectivity index (χ0v) is 10.8. The zero-order valence-electron chi connectivity index (χ0n) is 10.8. The first-order valence-electron chi connectivity index (χ1n) is 5.32. The Morgan fingerprint density at radius 1 is 1.24 bits per heavy atom. The maximum Gasteiger partial charge on any atom is 0.422 e. The number of carbonyl (C=O) groups is 1. The molecule has 0 amide bonds. The minimum atomic E-state index is -4.48. The van der Waals surface area contributed by atoms with E-state index >= 15 is 0 Å². The summed E-state index contributed by atoms with van der Waals surface area (Å²) in [5.74, 6) is -1.51. The van der Waals surface area contributed by atoms with E-state index in [0.717, 1.165) is 5.57 Å². The summed E-state index contributed by atoms with van der Waals surface area (Å²) in [7, 11) is 0. The Labute approximate surface area is 99.8 Å². The second kappa shape index (κ2) is 5.56. The molecule has 0 aliphatic carbocycles. The van der Waals surface area contributed by atoms with E-state index in [-0.39, 0.29) is 0 Å². The van der Waals surface area contributed by atoms with Crippen LogP contribution in [-0.4, -0.2) is 18.8 Å². The van der Waals surface area contributed by atoms with Crippen LogP contribution in [0.2, 0.25) is 0 Å². The van der Waals surface area contributed by atoms with Crippen LogP contribution in [0, 0.1) is 11.3 Å². The Hall–Kier alpha value is -1.00. The number of alkyl halides is 3. The maximum atomic E-state index is 11.9. The van der Waals surface area contributed by atoms with Crippen molar-refractivity contribution in [1.29, 1.82) is 0 Å². The molecule has 0 saturated carbocycles. The molecule has 17 heavy (non-hydrogen) atoms. The molecule has 2 nitrogen and oxygen atoms in total. The van der Waals surface area contributed by atoms with Gasteiger partial charge in [-0.2, -0.15) is 13.2 Å². The summed E-state index contributed by atoms with van der Waals surface area (Å²) in [6.45, 7) is 7.39. The number of esters is 1. The van der Waals surface area contributed by atoms with E-state index in [9.17, 15) is 18.0 Å². The molecule has 0 aliphatic rings. The van der Waals surface area contributed by atoms with E-state index in [0.29, 0.717) is 0 Å². The molecule has 1 unspecified atom stereocenters. The van der Waals surface area contributed by atoms with Gasteiger partial charge in [-0.05, 0) is 19.3 Å². The van der Waals surface area contributed by atoms with Crippen LogP contribution in [0.15, 0.2) is 11.6 Å². The summed E-state index contributed by atoms with van der Waals surface area (Å²) < 4.78 is 40.1. The molecule has 0 N–H and O–H groups in total. The second-order valence-electron chi connectivity index (χ2n) is 5.31. The van der Waals surface area contributed by atoms with E-state index in [4.69, 9.17) is 0 Å². The molecule has 0 rings (SSSR count). The van der Waals surface area contributed by atoms with Gasteiger partial charge in [-0.15, -0.1) is 0 Å². The third kappa shape index (κ3) is 7.02. The third-order valence-electron chi connectivity index (χ3n) is 2.07. The van der Waals surface area contributed by atoms with E-state index in [2.05, 4.69) is 4.74 Å². The van der Waals surface area contributed by atoms with Gasteiger partial charge in [0.25, 0.3) is 0 Å². The zero-order chi connectivity index (χ0) is 13.9. The van der Waals surface area contributed by atoms with Crippen LogP contribution in [0.5, 0.6) is 0 Å². The van der Waals surface area contributed by atoms with Gasteiger partial charge in [0.2, 0.25) is 0 Å². The first-order valence-corrected chi connectivity index (χ1v) is 5.32. The molecule has 1 atom stereocenters. The van der Waals surface area contributed by atoms with Crippen molar-refractivity contribution in [2.45, 2.75) is 40.8 Å². The summed E-state index contributed by atoms with van der Waals surface area (Å²) in [5, 5.41) is 0. The van der Waals surface area contributed by atoms with Crippen LogP contribution in [0.3, 0.4) is 0 Å². The Balaban J connectivity index is 4.74. The van der Waals surface area contributed by atoms with Crippen molar-refractivity contribution in [1.82, 2.24) is 0 Å². The molecule has 0 fully saturated rings. The Bertz CT molecular complexity index is 294. The highest BCUT2D eigenvalue weighted by Gasteiger charge is 2.35. The largest absolute Gasteiger partial charge is 0.456 e. The lowest BCUT2D eigenvalue weighted by Gasteiger charge is -2.27. The Morgan fingerprint density at radius 3 is 2.00 bits per heavy atom. The van der Waals surface area contributed by atoms with Gasteiger partial charge in [0, 0.05) is 0 Å². The fourth-order valence-corrected chi connectivity index (χ4v) is 1.25. The Morgan fingerprint density at radius 2 is 1.71 bits per heavy atom. The van der Waals surface area contributed by atoms with Gasteiger partial charge in [-0.3, -0.25) is 4.79 Å². The molecule has 0 heterocycles. The minimum Gasteiger partial charge on any atom is -0.456 e. The lowest BCUT2D eigenvalue weighted by atomic mass is 9.80. The van der Waals surface area contributed by atoms with Crippen molar-refractivity contribution in [3.8, 4) is 0 Å². The standard InChI is InChI=1S/C12H19F3O2/c1-8(2)6-9(11(3,4)5)10(16)17-7-12(13,14)15/h6,9H,7H2,1-5H3. The van der Waals surface area contributed by atoms with Crippen LogP contribution >= 0.6 is 0 Å². The monoisotopic (exact) mass is 252 g/mol. The Kier molecular flexibility index (Phi) is 5.23. The summed E-state index contributed by atoms with van der Waals surface area (Å²) in [6, 6.07) is 0. The molecule has 5 heteroatoms. The number of hydrogen-bond acceptors (Lipinski definition) is 2. The van der Waals surface area contributed by atoms with E-state index < -0.39 is 30.1 Å². The van der Waals surface area contributed by atoms with Crippen molar-refractivity contribution < 1.29 is 22.7 Å². The van der Waals surface area contributed by atoms with E-state index in [1.165, 1.54) is 0 Å². The number of carbonyl (C=O) groups excluding carboxylic acids is 1. The average molecular weight is 252 g/mol. The predicted molar refractivity (Wildman–Crippen MR) is 59.4 cm³/mol. The normalized spacial score (nSPS) is 14.1.